The van der Waals surface area contributed by atoms with Gasteiger partial charge in [0, 0.05) is 0 Å². The molecule has 3 unspecified atom stereocenters. The van der Waals surface area contributed by atoms with Crippen LogP contribution in [0.3, 0.4) is 0 Å². The van der Waals surface area contributed by atoms with Gasteiger partial charge in [-0.25, -0.2) is 0 Å². The van der Waals surface area contributed by atoms with Crippen LogP contribution < -0.4 is 0 Å². The molecule has 1 saturated heterocycles. The third kappa shape index (κ3) is 5.29. The molecule has 5 aliphatic rings. The summed E-state index contributed by atoms with van der Waals surface area (Å²) >= 11 is 0. The van der Waals surface area contributed by atoms with Crippen molar-refractivity contribution < 1.29 is 24.8 Å². The van der Waals surface area contributed by atoms with Crippen LogP contribution in [0.15, 0.2) is 23.8 Å². The molecule has 5 rings (SSSR count). The Balaban J connectivity index is 1.27. The fourth-order valence-corrected chi connectivity index (χ4v) is 10.3. The van der Waals surface area contributed by atoms with Crippen LogP contribution in [0.2, 0.25) is 0 Å². The average molecular weight is 559 g/mol. The number of aliphatic hydroxyl groups excluding tert-OH is 3. The van der Waals surface area contributed by atoms with E-state index < -0.39 is 30.7 Å². The van der Waals surface area contributed by atoms with Crippen molar-refractivity contribution in [2.75, 3.05) is 0 Å². The maximum Gasteiger partial charge on any atom is 0.187 e. The average Bonchev–Trinajstić information content (AvgIpc) is 3.28. The Labute approximate surface area is 243 Å². The Morgan fingerprint density at radius 3 is 2.40 bits per heavy atom. The summed E-state index contributed by atoms with van der Waals surface area (Å²) in [6.45, 7) is 16.4. The first-order valence-electron chi connectivity index (χ1n) is 16.6. The second-order valence-corrected chi connectivity index (χ2v) is 15.2. The molecule has 0 spiro atoms. The molecule has 3 saturated carbocycles. The first kappa shape index (κ1) is 30.7. The summed E-state index contributed by atoms with van der Waals surface area (Å²) in [7, 11) is 0. The van der Waals surface area contributed by atoms with Crippen LogP contribution in [0.5, 0.6) is 0 Å². The number of aliphatic hydroxyl groups is 3. The Kier molecular flexibility index (Phi) is 9.03. The zero-order valence-corrected chi connectivity index (χ0v) is 26.3. The van der Waals surface area contributed by atoms with E-state index in [-0.39, 0.29) is 11.5 Å². The van der Waals surface area contributed by atoms with Crippen molar-refractivity contribution in [3.63, 3.8) is 0 Å². The SMILES string of the molecule is CC[C@H](/C=C/[C@@H](C)C1CC[C@H]2[C@@H]3CCC4=CC(OC5O[C@@H](C)[C@H](O)[C@@H](O)[C@H]5O)CC[C@]4(C)[C@H]3CC[C@]12C)C(C)C. The lowest BCUT2D eigenvalue weighted by Crippen LogP contribution is -2.58. The van der Waals surface area contributed by atoms with E-state index in [9.17, 15) is 15.3 Å². The summed E-state index contributed by atoms with van der Waals surface area (Å²) in [6, 6.07) is 0. The van der Waals surface area contributed by atoms with Gasteiger partial charge in [0.05, 0.1) is 12.2 Å². The molecule has 0 bridgehead atoms. The molecule has 1 aliphatic heterocycles. The van der Waals surface area contributed by atoms with Crippen molar-refractivity contribution in [3.8, 4) is 0 Å². The highest BCUT2D eigenvalue weighted by atomic mass is 16.7. The van der Waals surface area contributed by atoms with Gasteiger partial charge in [0.15, 0.2) is 6.29 Å². The molecule has 0 aromatic carbocycles. The predicted octanol–water partition coefficient (Wildman–Crippen LogP) is 6.65. The largest absolute Gasteiger partial charge is 0.388 e. The number of rotatable bonds is 7. The highest BCUT2D eigenvalue weighted by Gasteiger charge is 2.59. The minimum absolute atomic E-state index is 0.121. The fourth-order valence-electron chi connectivity index (χ4n) is 10.3. The van der Waals surface area contributed by atoms with Crippen LogP contribution in [-0.4, -0.2) is 52.1 Å². The molecule has 5 nitrogen and oxygen atoms in total. The first-order valence-corrected chi connectivity index (χ1v) is 16.6. The second-order valence-electron chi connectivity index (χ2n) is 15.2. The van der Waals surface area contributed by atoms with Crippen LogP contribution in [0.25, 0.3) is 0 Å². The van der Waals surface area contributed by atoms with Crippen molar-refractivity contribution in [1.29, 1.82) is 0 Å². The van der Waals surface area contributed by atoms with Gasteiger partial charge >= 0.3 is 0 Å². The van der Waals surface area contributed by atoms with Crippen molar-refractivity contribution in [3.05, 3.63) is 23.8 Å². The molecule has 0 radical (unpaired) electrons. The van der Waals surface area contributed by atoms with Gasteiger partial charge in [0.25, 0.3) is 0 Å². The van der Waals surface area contributed by atoms with E-state index in [1.807, 2.05) is 0 Å². The lowest BCUT2D eigenvalue weighted by molar-refractivity contribution is -0.301. The first-order chi connectivity index (χ1) is 18.9. The van der Waals surface area contributed by atoms with E-state index in [1.165, 1.54) is 44.1 Å². The Bertz CT molecular complexity index is 944. The maximum atomic E-state index is 10.5. The topological polar surface area (TPSA) is 79.2 Å². The van der Waals surface area contributed by atoms with Gasteiger partial charge in [-0.2, -0.15) is 0 Å². The predicted molar refractivity (Wildman–Crippen MR) is 159 cm³/mol. The van der Waals surface area contributed by atoms with Gasteiger partial charge in [-0.05, 0) is 117 Å². The molecule has 14 atom stereocenters. The van der Waals surface area contributed by atoms with E-state index in [4.69, 9.17) is 9.47 Å². The Hall–Kier alpha value is -0.720. The Morgan fingerprint density at radius 2 is 1.70 bits per heavy atom. The number of ether oxygens (including phenoxy) is 2. The van der Waals surface area contributed by atoms with E-state index >= 15 is 0 Å². The van der Waals surface area contributed by atoms with Crippen molar-refractivity contribution in [2.24, 2.45) is 52.3 Å². The van der Waals surface area contributed by atoms with E-state index in [1.54, 1.807) is 6.92 Å². The number of hydrogen-bond donors (Lipinski definition) is 3. The summed E-state index contributed by atoms with van der Waals surface area (Å²) in [5.41, 5.74) is 2.23. The molecular weight excluding hydrogens is 500 g/mol. The van der Waals surface area contributed by atoms with Gasteiger partial charge in [0.1, 0.15) is 18.3 Å². The molecule has 4 fully saturated rings. The third-order valence-electron chi connectivity index (χ3n) is 12.9. The standard InChI is InChI=1S/C35H58O5/c1-8-23(20(2)3)10-9-21(4)27-13-14-28-26-12-11-24-19-25(40-33-32(38)31(37)30(36)22(5)39-33)15-17-34(24,6)29(26)16-18-35(27,28)7/h9-10,19-23,25-33,36-38H,8,11-18H2,1-7H3/b10-9+/t21-,22+,23-,25?,26+,27?,28+,29+,30+,31-,32-,33?,34+,35-/m1/s1. The lowest BCUT2D eigenvalue weighted by atomic mass is 9.46. The number of allylic oxidation sites excluding steroid dienone is 3. The maximum absolute atomic E-state index is 10.5. The summed E-state index contributed by atoms with van der Waals surface area (Å²) in [4.78, 5) is 0. The summed E-state index contributed by atoms with van der Waals surface area (Å²) in [5.74, 6) is 5.26. The van der Waals surface area contributed by atoms with Crippen molar-refractivity contribution in [2.45, 2.75) is 143 Å². The molecule has 0 aromatic rings. The molecule has 5 heteroatoms. The summed E-state index contributed by atoms with van der Waals surface area (Å²) in [6.07, 6.45) is 13.4. The lowest BCUT2D eigenvalue weighted by Gasteiger charge is -2.59. The van der Waals surface area contributed by atoms with E-state index in [0.717, 1.165) is 42.9 Å². The minimum Gasteiger partial charge on any atom is -0.388 e. The van der Waals surface area contributed by atoms with Crippen LogP contribution in [0.4, 0.5) is 0 Å². The minimum atomic E-state index is -1.25. The zero-order chi connectivity index (χ0) is 29.0. The van der Waals surface area contributed by atoms with E-state index in [0.29, 0.717) is 23.2 Å². The molecule has 3 N–H and O–H groups in total. The van der Waals surface area contributed by atoms with Gasteiger partial charge in [-0.3, -0.25) is 0 Å². The fraction of sp³-hybridized carbons (Fsp3) is 0.886. The van der Waals surface area contributed by atoms with Crippen LogP contribution in [-0.2, 0) is 9.47 Å². The molecule has 0 aromatic heterocycles. The van der Waals surface area contributed by atoms with Gasteiger partial charge in [-0.15, -0.1) is 0 Å². The summed E-state index contributed by atoms with van der Waals surface area (Å²) < 4.78 is 12.0. The third-order valence-corrected chi connectivity index (χ3v) is 12.9. The van der Waals surface area contributed by atoms with Gasteiger partial charge in [-0.1, -0.05) is 65.3 Å². The smallest absolute Gasteiger partial charge is 0.187 e. The normalized spacial score (nSPS) is 48.8. The monoisotopic (exact) mass is 558 g/mol. The number of hydrogen-bond acceptors (Lipinski definition) is 5. The highest BCUT2D eigenvalue weighted by Crippen LogP contribution is 2.67. The van der Waals surface area contributed by atoms with Crippen molar-refractivity contribution in [1.82, 2.24) is 0 Å². The quantitative estimate of drug-likeness (QED) is 0.305. The molecule has 228 valence electrons. The highest BCUT2D eigenvalue weighted by molar-refractivity contribution is 5.26. The second kappa shape index (κ2) is 11.8. The Morgan fingerprint density at radius 1 is 0.950 bits per heavy atom. The zero-order valence-electron chi connectivity index (χ0n) is 26.3. The summed E-state index contributed by atoms with van der Waals surface area (Å²) in [5, 5.41) is 30.8. The van der Waals surface area contributed by atoms with Crippen LogP contribution >= 0.6 is 0 Å². The number of fused-ring (bicyclic) bond motifs is 5. The van der Waals surface area contributed by atoms with Gasteiger partial charge < -0.3 is 24.8 Å². The molecule has 0 amide bonds. The molecule has 4 aliphatic carbocycles. The van der Waals surface area contributed by atoms with Crippen LogP contribution in [0.1, 0.15) is 106 Å². The van der Waals surface area contributed by atoms with Crippen molar-refractivity contribution >= 4 is 0 Å². The molecule has 1 heterocycles. The van der Waals surface area contributed by atoms with E-state index in [2.05, 4.69) is 59.8 Å². The molecule has 40 heavy (non-hydrogen) atoms. The van der Waals surface area contributed by atoms with Crippen LogP contribution in [0, 0.1) is 52.3 Å². The molecular formula is C35H58O5. The van der Waals surface area contributed by atoms with Gasteiger partial charge in [0.2, 0.25) is 0 Å².